The van der Waals surface area contributed by atoms with Crippen LogP contribution in [0.3, 0.4) is 0 Å². The summed E-state index contributed by atoms with van der Waals surface area (Å²) in [6.45, 7) is 4.13. The molecule has 0 radical (unpaired) electrons. The van der Waals surface area contributed by atoms with Crippen LogP contribution in [-0.4, -0.2) is 10.2 Å². The van der Waals surface area contributed by atoms with Crippen LogP contribution in [0.25, 0.3) is 0 Å². The van der Waals surface area contributed by atoms with Crippen LogP contribution in [-0.2, 0) is 5.41 Å². The topological polar surface area (TPSA) is 40.5 Å². The first kappa shape index (κ1) is 11.3. The van der Waals surface area contributed by atoms with E-state index in [4.69, 9.17) is 0 Å². The minimum absolute atomic E-state index is 0.0928. The van der Waals surface area contributed by atoms with Gasteiger partial charge in [0.15, 0.2) is 5.75 Å². The van der Waals surface area contributed by atoms with Crippen molar-refractivity contribution in [1.29, 1.82) is 0 Å². The van der Waals surface area contributed by atoms with E-state index in [1.807, 2.05) is 18.2 Å². The Morgan fingerprint density at radius 2 is 1.53 bits per heavy atom. The molecule has 0 spiro atoms. The van der Waals surface area contributed by atoms with Gasteiger partial charge in [0.25, 0.3) is 0 Å². The molecule has 0 aliphatic heterocycles. The molecular weight excluding hydrogens is 212 g/mol. The van der Waals surface area contributed by atoms with Crippen molar-refractivity contribution in [2.45, 2.75) is 19.3 Å². The summed E-state index contributed by atoms with van der Waals surface area (Å²) in [5.41, 5.74) is 1.78. The van der Waals surface area contributed by atoms with Gasteiger partial charge in [-0.25, -0.2) is 0 Å². The third-order valence-electron chi connectivity index (χ3n) is 3.00. The Bertz CT molecular complexity index is 448. The number of rotatable bonds is 2. The molecule has 2 aromatic rings. The number of hydrogen-bond donors (Lipinski definition) is 2. The summed E-state index contributed by atoms with van der Waals surface area (Å²) in [5, 5.41) is 18.5. The highest BCUT2D eigenvalue weighted by atomic mass is 16.3. The second kappa shape index (κ2) is 4.03. The fourth-order valence-electron chi connectivity index (χ4n) is 1.78. The summed E-state index contributed by atoms with van der Waals surface area (Å²) in [6.07, 6.45) is 0. The lowest BCUT2D eigenvalue weighted by molar-refractivity contribution is 0.474. The van der Waals surface area contributed by atoms with Crippen molar-refractivity contribution in [2.24, 2.45) is 0 Å². The Kier molecular flexibility index (Phi) is 2.69. The van der Waals surface area contributed by atoms with Crippen LogP contribution in [0.5, 0.6) is 11.5 Å². The van der Waals surface area contributed by atoms with E-state index >= 15 is 0 Å². The SMILES string of the molecule is CC(C)(c1c#cc(O)cc1)c1ccc(O)cc1. The van der Waals surface area contributed by atoms with Crippen LogP contribution in [0.15, 0.2) is 36.4 Å². The van der Waals surface area contributed by atoms with Crippen molar-refractivity contribution in [1.82, 2.24) is 0 Å². The molecular formula is C15H14O2. The van der Waals surface area contributed by atoms with Gasteiger partial charge in [0, 0.05) is 11.0 Å². The highest BCUT2D eigenvalue weighted by molar-refractivity contribution is 5.39. The molecule has 0 saturated carbocycles. The fraction of sp³-hybridized carbons (Fsp3) is 0.200. The second-order valence-corrected chi connectivity index (χ2v) is 4.55. The van der Waals surface area contributed by atoms with Crippen molar-refractivity contribution in [3.63, 3.8) is 0 Å². The van der Waals surface area contributed by atoms with E-state index in [9.17, 15) is 10.2 Å². The standard InChI is InChI=1S/C15H14O2/c1-15(2,11-3-7-13(16)8-4-11)12-5-9-14(17)10-6-12/h3-5,7-9,16-17H,1-2H3. The Labute approximate surface area is 101 Å². The van der Waals surface area contributed by atoms with Crippen molar-refractivity contribution < 1.29 is 10.2 Å². The van der Waals surface area contributed by atoms with Crippen LogP contribution >= 0.6 is 0 Å². The molecule has 2 rings (SSSR count). The zero-order valence-electron chi connectivity index (χ0n) is 9.86. The van der Waals surface area contributed by atoms with Crippen LogP contribution < -0.4 is 0 Å². The van der Waals surface area contributed by atoms with Crippen LogP contribution in [0.1, 0.15) is 25.0 Å². The second-order valence-electron chi connectivity index (χ2n) is 4.55. The lowest BCUT2D eigenvalue weighted by Gasteiger charge is -2.24. The zero-order valence-corrected chi connectivity index (χ0v) is 9.86. The molecule has 2 aromatic carbocycles. The van der Waals surface area contributed by atoms with E-state index in [2.05, 4.69) is 26.0 Å². The number of phenolic OH excluding ortho intramolecular Hbond substituents is 1. The van der Waals surface area contributed by atoms with Gasteiger partial charge in [-0.3, -0.25) is 0 Å². The van der Waals surface area contributed by atoms with Crippen LogP contribution in [0.2, 0.25) is 0 Å². The molecule has 2 heteroatoms. The Balaban J connectivity index is 2.41. The molecule has 0 amide bonds. The average Bonchev–Trinajstić information content (AvgIpc) is 2.30. The third kappa shape index (κ3) is 2.19. The predicted molar refractivity (Wildman–Crippen MR) is 66.0 cm³/mol. The molecule has 0 aliphatic rings. The highest BCUT2D eigenvalue weighted by Gasteiger charge is 2.23. The zero-order chi connectivity index (χ0) is 12.5. The minimum atomic E-state index is -0.238. The molecule has 0 heterocycles. The van der Waals surface area contributed by atoms with Gasteiger partial charge in [-0.15, -0.1) is 0 Å². The number of phenols is 1. The third-order valence-corrected chi connectivity index (χ3v) is 3.00. The largest absolute Gasteiger partial charge is 0.508 e. The first-order valence-electron chi connectivity index (χ1n) is 5.43. The number of aromatic hydroxyl groups is 2. The van der Waals surface area contributed by atoms with Gasteiger partial charge >= 0.3 is 0 Å². The molecule has 0 unspecified atom stereocenters. The Hall–Kier alpha value is -2.14. The first-order valence-corrected chi connectivity index (χ1v) is 5.43. The highest BCUT2D eigenvalue weighted by Crippen LogP contribution is 2.31. The van der Waals surface area contributed by atoms with Crippen LogP contribution in [0, 0.1) is 12.1 Å². The summed E-state index contributed by atoms with van der Waals surface area (Å²) >= 11 is 0. The van der Waals surface area contributed by atoms with E-state index < -0.39 is 0 Å². The number of hydrogen-bond acceptors (Lipinski definition) is 2. The quantitative estimate of drug-likeness (QED) is 0.826. The molecule has 86 valence electrons. The minimum Gasteiger partial charge on any atom is -0.508 e. The maximum absolute atomic E-state index is 9.28. The molecule has 0 fully saturated rings. The van der Waals surface area contributed by atoms with Crippen molar-refractivity contribution in [2.75, 3.05) is 0 Å². The summed E-state index contributed by atoms with van der Waals surface area (Å²) in [7, 11) is 0. The summed E-state index contributed by atoms with van der Waals surface area (Å²) < 4.78 is 0. The van der Waals surface area contributed by atoms with Gasteiger partial charge in [-0.05, 0) is 35.9 Å². The Morgan fingerprint density at radius 3 is 2.06 bits per heavy atom. The van der Waals surface area contributed by atoms with Gasteiger partial charge < -0.3 is 10.2 Å². The maximum atomic E-state index is 9.28. The molecule has 2 nitrogen and oxygen atoms in total. The summed E-state index contributed by atoms with van der Waals surface area (Å²) in [6, 6.07) is 16.2. The molecule has 2 N–H and O–H groups in total. The van der Waals surface area contributed by atoms with Crippen LogP contribution in [0.4, 0.5) is 0 Å². The monoisotopic (exact) mass is 226 g/mol. The normalized spacial score (nSPS) is 10.9. The smallest absolute Gasteiger partial charge is 0.167 e. The average molecular weight is 226 g/mol. The molecule has 0 atom stereocenters. The summed E-state index contributed by atoms with van der Waals surface area (Å²) in [5.74, 6) is 0.348. The van der Waals surface area contributed by atoms with Crippen molar-refractivity contribution >= 4 is 0 Å². The fourth-order valence-corrected chi connectivity index (χ4v) is 1.78. The maximum Gasteiger partial charge on any atom is 0.167 e. The van der Waals surface area contributed by atoms with Gasteiger partial charge in [0.05, 0.1) is 0 Å². The van der Waals surface area contributed by atoms with E-state index in [-0.39, 0.29) is 16.9 Å². The lowest BCUT2D eigenvalue weighted by atomic mass is 9.79. The Morgan fingerprint density at radius 1 is 0.882 bits per heavy atom. The first-order chi connectivity index (χ1) is 8.00. The molecule has 0 bridgehead atoms. The summed E-state index contributed by atoms with van der Waals surface area (Å²) in [4.78, 5) is 0. The van der Waals surface area contributed by atoms with E-state index in [1.54, 1.807) is 18.2 Å². The number of benzene rings is 1. The molecule has 17 heavy (non-hydrogen) atoms. The van der Waals surface area contributed by atoms with Crippen molar-refractivity contribution in [3.05, 3.63) is 59.7 Å². The van der Waals surface area contributed by atoms with E-state index in [1.165, 1.54) is 0 Å². The van der Waals surface area contributed by atoms with Gasteiger partial charge in [0.1, 0.15) is 5.75 Å². The van der Waals surface area contributed by atoms with Gasteiger partial charge in [-0.2, -0.15) is 0 Å². The molecule has 0 aliphatic carbocycles. The molecule has 0 aromatic heterocycles. The van der Waals surface area contributed by atoms with E-state index in [0.717, 1.165) is 11.1 Å². The van der Waals surface area contributed by atoms with Gasteiger partial charge in [-0.1, -0.05) is 32.0 Å². The van der Waals surface area contributed by atoms with Crippen molar-refractivity contribution in [3.8, 4) is 11.5 Å². The predicted octanol–water partition coefficient (Wildman–Crippen LogP) is 3.02. The van der Waals surface area contributed by atoms with E-state index in [0.29, 0.717) is 0 Å². The molecule has 0 saturated heterocycles. The van der Waals surface area contributed by atoms with Gasteiger partial charge in [0.2, 0.25) is 0 Å². The lowest BCUT2D eigenvalue weighted by Crippen LogP contribution is -2.18.